The molecule has 0 aromatic heterocycles. The van der Waals surface area contributed by atoms with Crippen molar-refractivity contribution >= 4 is 31.3 Å². The highest BCUT2D eigenvalue weighted by Gasteiger charge is 2.48. The fourth-order valence-electron chi connectivity index (χ4n) is 7.78. The summed E-state index contributed by atoms with van der Waals surface area (Å²) < 4.78 is 40.7. The molecule has 1 aliphatic carbocycles. The van der Waals surface area contributed by atoms with E-state index in [1.807, 2.05) is 50.2 Å². The molecule has 2 aliphatic rings. The van der Waals surface area contributed by atoms with Gasteiger partial charge < -0.3 is 50.4 Å². The van der Waals surface area contributed by atoms with Crippen LogP contribution in [0.15, 0.2) is 78.9 Å². The number of amides is 2. The second-order valence-electron chi connectivity index (χ2n) is 16.8. The zero-order valence-electron chi connectivity index (χ0n) is 36.5. The van der Waals surface area contributed by atoms with Crippen LogP contribution >= 0.6 is 7.82 Å². The minimum absolute atomic E-state index is 0.0313. The van der Waals surface area contributed by atoms with Crippen LogP contribution in [0.2, 0.25) is 0 Å². The lowest BCUT2D eigenvalue weighted by Crippen LogP contribution is -2.63. The Morgan fingerprint density at radius 1 is 0.825 bits per heavy atom. The largest absolute Gasteiger partial charge is 0.472 e. The van der Waals surface area contributed by atoms with Crippen LogP contribution in [0, 0.1) is 5.92 Å². The van der Waals surface area contributed by atoms with Crippen molar-refractivity contribution in [3.8, 4) is 5.75 Å². The van der Waals surface area contributed by atoms with Crippen molar-refractivity contribution in [2.75, 3.05) is 25.0 Å². The number of ether oxygens (including phenoxy) is 3. The van der Waals surface area contributed by atoms with E-state index in [0.717, 1.165) is 12.8 Å². The number of esters is 1. The molecule has 1 saturated carbocycles. The fraction of sp³-hybridized carbons (Fsp3) is 0.543. The first-order chi connectivity index (χ1) is 30.1. The molecule has 1 aliphatic heterocycles. The van der Waals surface area contributed by atoms with E-state index in [1.54, 1.807) is 32.0 Å². The van der Waals surface area contributed by atoms with Gasteiger partial charge in [-0.05, 0) is 81.2 Å². The molecule has 0 spiro atoms. The summed E-state index contributed by atoms with van der Waals surface area (Å²) >= 11 is 0. The van der Waals surface area contributed by atoms with Crippen molar-refractivity contribution in [3.63, 3.8) is 0 Å². The van der Waals surface area contributed by atoms with Crippen LogP contribution in [0.3, 0.4) is 0 Å². The normalized spacial score (nSPS) is 22.2. The Morgan fingerprint density at radius 3 is 2.08 bits per heavy atom. The Kier molecular flexibility index (Phi) is 18.5. The first kappa shape index (κ1) is 49.6. The van der Waals surface area contributed by atoms with E-state index in [4.69, 9.17) is 23.3 Å². The second kappa shape index (κ2) is 23.5. The van der Waals surface area contributed by atoms with Gasteiger partial charge >= 0.3 is 13.8 Å². The molecule has 16 nitrogen and oxygen atoms in total. The lowest BCUT2D eigenvalue weighted by molar-refractivity contribution is -0.266. The highest BCUT2D eigenvalue weighted by Crippen LogP contribution is 2.51. The quantitative estimate of drug-likeness (QED) is 0.0388. The average molecular weight is 898 g/mol. The molecule has 0 radical (unpaired) electrons. The Hall–Kier alpha value is -4.38. The monoisotopic (exact) mass is 897 g/mol. The van der Waals surface area contributed by atoms with Gasteiger partial charge in [0.2, 0.25) is 12.2 Å². The maximum absolute atomic E-state index is 13.1. The highest BCUT2D eigenvalue weighted by molar-refractivity contribution is 7.47. The van der Waals surface area contributed by atoms with Crippen molar-refractivity contribution in [1.82, 2.24) is 10.6 Å². The number of phosphoric ester groups is 1. The van der Waals surface area contributed by atoms with Crippen LogP contribution in [-0.4, -0.2) is 101 Å². The third-order valence-electron chi connectivity index (χ3n) is 11.2. The SMILES string of the molecule is CC(C)Nc1ccc(COC(=O)C(C)C)cc1O[C@@H]1O[C@H](C(=O)NCC(=O)NCCCCCCOP(=O)(O)OC2CCC(c3ccccc3)(c3ccccc3)CC2)[C@@H](O)[C@H](O)[C@H]1O. The zero-order valence-corrected chi connectivity index (χ0v) is 37.4. The number of benzene rings is 3. The summed E-state index contributed by atoms with van der Waals surface area (Å²) in [5.41, 5.74) is 3.31. The molecule has 1 heterocycles. The summed E-state index contributed by atoms with van der Waals surface area (Å²) in [7, 11) is -4.26. The van der Waals surface area contributed by atoms with E-state index < -0.39 is 63.0 Å². The van der Waals surface area contributed by atoms with Crippen LogP contribution in [-0.2, 0) is 49.5 Å². The van der Waals surface area contributed by atoms with Gasteiger partial charge in [0.15, 0.2) is 6.10 Å². The Labute approximate surface area is 369 Å². The van der Waals surface area contributed by atoms with Crippen molar-refractivity contribution in [2.24, 2.45) is 5.92 Å². The van der Waals surface area contributed by atoms with E-state index >= 15 is 0 Å². The minimum Gasteiger partial charge on any atom is -0.461 e. The number of carbonyl (C=O) groups excluding carboxylic acids is 3. The molecular weight excluding hydrogens is 833 g/mol. The van der Waals surface area contributed by atoms with Gasteiger partial charge in [-0.15, -0.1) is 0 Å². The maximum atomic E-state index is 13.1. The summed E-state index contributed by atoms with van der Waals surface area (Å²) in [5.74, 6) is -1.95. The lowest BCUT2D eigenvalue weighted by atomic mass is 9.65. The number of rotatable bonds is 22. The van der Waals surface area contributed by atoms with Crippen LogP contribution in [0.4, 0.5) is 5.69 Å². The molecule has 63 heavy (non-hydrogen) atoms. The molecule has 2 amide bonds. The molecule has 1 unspecified atom stereocenters. The smallest absolute Gasteiger partial charge is 0.461 e. The first-order valence-corrected chi connectivity index (χ1v) is 23.3. The molecule has 0 bridgehead atoms. The molecule has 1 saturated heterocycles. The Morgan fingerprint density at radius 2 is 1.46 bits per heavy atom. The van der Waals surface area contributed by atoms with Crippen molar-refractivity contribution < 1.29 is 62.4 Å². The number of unbranched alkanes of at least 4 members (excludes halogenated alkanes) is 3. The van der Waals surface area contributed by atoms with Crippen LogP contribution in [0.5, 0.6) is 5.75 Å². The summed E-state index contributed by atoms with van der Waals surface area (Å²) in [4.78, 5) is 48.1. The standard InChI is InChI=1S/C46H64N3O13P/c1-30(2)44(55)58-29-32-19-20-36(49-31(3)4)37(27-32)60-45-41(53)39(51)40(52)42(61-45)43(54)48-28-38(50)47-25-13-5-6-14-26-59-63(56,57)62-35-21-23-46(24-22-35,33-15-9-7-10-16-33)34-17-11-8-12-18-34/h7-12,15-20,27,30-31,35,39-42,45,49,51-53H,5-6,13-14,21-26,28-29H2,1-4H3,(H,47,50)(H,48,54)(H,56,57)/t39-,40-,41+,42-,45+/m0/s1. The van der Waals surface area contributed by atoms with Crippen LogP contribution in [0.1, 0.15) is 95.8 Å². The van der Waals surface area contributed by atoms with Crippen molar-refractivity contribution in [2.45, 2.75) is 134 Å². The van der Waals surface area contributed by atoms with E-state index in [-0.39, 0.29) is 42.3 Å². The lowest BCUT2D eigenvalue weighted by Gasteiger charge is -2.41. The van der Waals surface area contributed by atoms with Gasteiger partial charge in [-0.2, -0.15) is 0 Å². The molecule has 2 fully saturated rings. The predicted octanol–water partition coefficient (Wildman–Crippen LogP) is 5.25. The summed E-state index contributed by atoms with van der Waals surface area (Å²) in [6, 6.07) is 25.6. The number of hydrogen-bond donors (Lipinski definition) is 7. The topological polar surface area (TPSA) is 231 Å². The average Bonchev–Trinajstić information content (AvgIpc) is 3.27. The van der Waals surface area contributed by atoms with Gasteiger partial charge in [0.25, 0.3) is 5.91 Å². The van der Waals surface area contributed by atoms with Gasteiger partial charge in [-0.3, -0.25) is 23.4 Å². The fourth-order valence-corrected chi connectivity index (χ4v) is 8.79. The Balaban J connectivity index is 0.990. The van der Waals surface area contributed by atoms with Gasteiger partial charge in [0, 0.05) is 18.0 Å². The zero-order chi connectivity index (χ0) is 45.6. The van der Waals surface area contributed by atoms with Crippen LogP contribution in [0.25, 0.3) is 0 Å². The van der Waals surface area contributed by atoms with Crippen molar-refractivity contribution in [1.29, 1.82) is 0 Å². The third-order valence-corrected chi connectivity index (χ3v) is 12.3. The van der Waals surface area contributed by atoms with Crippen molar-refractivity contribution in [3.05, 3.63) is 95.6 Å². The number of aliphatic hydroxyl groups is 3. The molecule has 346 valence electrons. The van der Waals surface area contributed by atoms with E-state index in [1.165, 1.54) is 11.1 Å². The first-order valence-electron chi connectivity index (χ1n) is 21.8. The molecule has 5 rings (SSSR count). The predicted molar refractivity (Wildman–Crippen MR) is 234 cm³/mol. The number of hydrogen-bond acceptors (Lipinski definition) is 13. The van der Waals surface area contributed by atoms with Gasteiger partial charge in [-0.1, -0.05) is 93.4 Å². The van der Waals surface area contributed by atoms with Gasteiger partial charge in [0.05, 0.1) is 30.9 Å². The number of phosphoric acid groups is 1. The number of aliphatic hydroxyl groups excluding tert-OH is 3. The highest BCUT2D eigenvalue weighted by atomic mass is 31.2. The molecule has 3 aromatic rings. The second-order valence-corrected chi connectivity index (χ2v) is 18.2. The Bertz CT molecular complexity index is 1920. The summed E-state index contributed by atoms with van der Waals surface area (Å²) in [6.45, 7) is 7.07. The van der Waals surface area contributed by atoms with E-state index in [2.05, 4.69) is 40.2 Å². The molecule has 17 heteroatoms. The van der Waals surface area contributed by atoms with Gasteiger partial charge in [-0.25, -0.2) is 4.57 Å². The molecule has 7 N–H and O–H groups in total. The summed E-state index contributed by atoms with van der Waals surface area (Å²) in [5, 5.41) is 40.3. The summed E-state index contributed by atoms with van der Waals surface area (Å²) in [6.07, 6.45) is -3.86. The maximum Gasteiger partial charge on any atom is 0.472 e. The molecule has 3 aromatic carbocycles. The third kappa shape index (κ3) is 14.3. The minimum atomic E-state index is -4.26. The number of anilines is 1. The number of carbonyl (C=O) groups is 3. The van der Waals surface area contributed by atoms with Gasteiger partial charge in [0.1, 0.15) is 30.7 Å². The van der Waals surface area contributed by atoms with E-state index in [0.29, 0.717) is 56.3 Å². The van der Waals surface area contributed by atoms with E-state index in [9.17, 15) is 39.2 Å². The molecule has 6 atom stereocenters. The molecular formula is C46H64N3O13P. The van der Waals surface area contributed by atoms with Crippen LogP contribution < -0.4 is 20.7 Å². The number of nitrogens with one attached hydrogen (secondary N) is 3.